The minimum Gasteiger partial charge on any atom is -0.220 e. The molecule has 0 N–H and O–H groups in total. The third-order valence-electron chi connectivity index (χ3n) is 2.78. The van der Waals surface area contributed by atoms with E-state index in [0.29, 0.717) is 5.25 Å². The molecule has 1 atom stereocenters. The number of hydrogen-bond acceptors (Lipinski definition) is 3. The molecular weight excluding hydrogens is 286 g/mol. The van der Waals surface area contributed by atoms with Gasteiger partial charge in [-0.05, 0) is 46.7 Å². The molecule has 3 rings (SSSR count). The van der Waals surface area contributed by atoms with E-state index in [1.54, 1.807) is 0 Å². The number of aromatic nitrogens is 3. The molecule has 0 spiro atoms. The minimum atomic E-state index is 0.493. The first-order chi connectivity index (χ1) is 7.83. The van der Waals surface area contributed by atoms with Gasteiger partial charge in [-0.3, -0.25) is 0 Å². The molecule has 0 radical (unpaired) electrons. The fourth-order valence-electron chi connectivity index (χ4n) is 1.96. The van der Waals surface area contributed by atoms with Gasteiger partial charge in [-0.2, -0.15) is 16.9 Å². The van der Waals surface area contributed by atoms with Gasteiger partial charge in [0.1, 0.15) is 0 Å². The summed E-state index contributed by atoms with van der Waals surface area (Å²) in [7, 11) is 0. The van der Waals surface area contributed by atoms with E-state index in [4.69, 9.17) is 0 Å². The molecule has 84 valence electrons. The summed E-state index contributed by atoms with van der Waals surface area (Å²) < 4.78 is 2.89. The average molecular weight is 298 g/mol. The Balaban J connectivity index is 1.97. The van der Waals surface area contributed by atoms with Crippen molar-refractivity contribution in [3.63, 3.8) is 0 Å². The van der Waals surface area contributed by atoms with Crippen molar-refractivity contribution < 1.29 is 0 Å². The Morgan fingerprint density at radius 3 is 3.12 bits per heavy atom. The molecule has 1 unspecified atom stereocenters. The van der Waals surface area contributed by atoms with Gasteiger partial charge < -0.3 is 0 Å². The van der Waals surface area contributed by atoms with Crippen molar-refractivity contribution in [3.05, 3.63) is 28.6 Å². The van der Waals surface area contributed by atoms with Gasteiger partial charge in [0.2, 0.25) is 0 Å². The Kier molecular flexibility index (Phi) is 2.90. The van der Waals surface area contributed by atoms with Gasteiger partial charge in [-0.25, -0.2) is 9.50 Å². The van der Waals surface area contributed by atoms with Crippen molar-refractivity contribution in [1.82, 2.24) is 14.6 Å². The van der Waals surface area contributed by atoms with E-state index in [1.165, 1.54) is 25.0 Å². The molecule has 2 aromatic heterocycles. The van der Waals surface area contributed by atoms with Gasteiger partial charge in [0.15, 0.2) is 11.5 Å². The second-order valence-electron chi connectivity index (χ2n) is 3.98. The largest absolute Gasteiger partial charge is 0.220 e. The van der Waals surface area contributed by atoms with Crippen LogP contribution in [-0.4, -0.2) is 20.4 Å². The second-order valence-corrected chi connectivity index (χ2v) is 6.20. The summed E-state index contributed by atoms with van der Waals surface area (Å²) in [5.74, 6) is 2.23. The summed E-state index contributed by atoms with van der Waals surface area (Å²) in [5, 5.41) is 5.04. The van der Waals surface area contributed by atoms with E-state index >= 15 is 0 Å². The van der Waals surface area contributed by atoms with Crippen LogP contribution in [0.25, 0.3) is 5.65 Å². The van der Waals surface area contributed by atoms with Crippen molar-refractivity contribution >= 4 is 33.3 Å². The normalized spacial score (nSPS) is 21.4. The summed E-state index contributed by atoms with van der Waals surface area (Å²) in [6.07, 6.45) is 5.80. The van der Waals surface area contributed by atoms with Gasteiger partial charge >= 0.3 is 0 Å². The molecule has 3 nitrogen and oxygen atoms in total. The molecule has 0 saturated carbocycles. The van der Waals surface area contributed by atoms with E-state index < -0.39 is 0 Å². The van der Waals surface area contributed by atoms with Crippen LogP contribution in [0, 0.1) is 0 Å². The fourth-order valence-corrected chi connectivity index (χ4v) is 3.52. The van der Waals surface area contributed by atoms with Crippen LogP contribution in [-0.2, 0) is 0 Å². The standard InChI is InChI=1S/C11H12BrN3S/c12-8-4-5-10-13-11(14-15(10)7-8)9-3-1-2-6-16-9/h4-5,7,9H,1-3,6H2. The molecule has 3 heterocycles. The molecule has 0 aliphatic carbocycles. The van der Waals surface area contributed by atoms with Crippen molar-refractivity contribution in [1.29, 1.82) is 0 Å². The lowest BCUT2D eigenvalue weighted by atomic mass is 10.2. The lowest BCUT2D eigenvalue weighted by Gasteiger charge is -2.17. The highest BCUT2D eigenvalue weighted by molar-refractivity contribution is 9.10. The highest BCUT2D eigenvalue weighted by atomic mass is 79.9. The maximum Gasteiger partial charge on any atom is 0.164 e. The van der Waals surface area contributed by atoms with E-state index in [2.05, 4.69) is 26.0 Å². The topological polar surface area (TPSA) is 30.2 Å². The van der Waals surface area contributed by atoms with Crippen LogP contribution in [0.3, 0.4) is 0 Å². The van der Waals surface area contributed by atoms with Crippen LogP contribution in [0.1, 0.15) is 30.3 Å². The average Bonchev–Trinajstić information content (AvgIpc) is 2.73. The van der Waals surface area contributed by atoms with Crippen LogP contribution in [0.4, 0.5) is 0 Å². The molecule has 1 aliphatic heterocycles. The maximum atomic E-state index is 4.59. The minimum absolute atomic E-state index is 0.493. The third kappa shape index (κ3) is 1.98. The van der Waals surface area contributed by atoms with Crippen molar-refractivity contribution in [3.8, 4) is 0 Å². The first-order valence-electron chi connectivity index (χ1n) is 5.46. The van der Waals surface area contributed by atoms with Crippen LogP contribution in [0.5, 0.6) is 0 Å². The summed E-state index contributed by atoms with van der Waals surface area (Å²) >= 11 is 5.43. The molecule has 0 bridgehead atoms. The second kappa shape index (κ2) is 4.37. The number of pyridine rings is 1. The Morgan fingerprint density at radius 2 is 2.31 bits per heavy atom. The molecular formula is C11H12BrN3S. The monoisotopic (exact) mass is 297 g/mol. The van der Waals surface area contributed by atoms with Gasteiger partial charge in [-0.15, -0.1) is 0 Å². The number of fused-ring (bicyclic) bond motifs is 1. The van der Waals surface area contributed by atoms with Gasteiger partial charge in [0, 0.05) is 10.7 Å². The molecule has 2 aromatic rings. The van der Waals surface area contributed by atoms with Gasteiger partial charge in [0.25, 0.3) is 0 Å². The molecule has 0 amide bonds. The zero-order valence-corrected chi connectivity index (χ0v) is 11.2. The van der Waals surface area contributed by atoms with Crippen LogP contribution in [0.15, 0.2) is 22.8 Å². The van der Waals surface area contributed by atoms with E-state index in [1.807, 2.05) is 34.6 Å². The molecule has 16 heavy (non-hydrogen) atoms. The number of nitrogens with zero attached hydrogens (tertiary/aromatic N) is 3. The predicted octanol–water partition coefficient (Wildman–Crippen LogP) is 3.45. The maximum absolute atomic E-state index is 4.59. The molecule has 1 saturated heterocycles. The first-order valence-corrected chi connectivity index (χ1v) is 7.30. The Morgan fingerprint density at radius 1 is 1.38 bits per heavy atom. The zero-order valence-electron chi connectivity index (χ0n) is 8.77. The lowest BCUT2D eigenvalue weighted by Crippen LogP contribution is -2.04. The smallest absolute Gasteiger partial charge is 0.164 e. The highest BCUT2D eigenvalue weighted by Crippen LogP contribution is 2.36. The predicted molar refractivity (Wildman–Crippen MR) is 69.7 cm³/mol. The SMILES string of the molecule is Brc1ccc2nc(C3CCCCS3)nn2c1. The van der Waals surface area contributed by atoms with Crippen molar-refractivity contribution in [2.45, 2.75) is 24.5 Å². The molecule has 1 aliphatic rings. The first kappa shape index (κ1) is 10.6. The van der Waals surface area contributed by atoms with Gasteiger partial charge in [-0.1, -0.05) is 6.42 Å². The molecule has 5 heteroatoms. The number of hydrogen-bond donors (Lipinski definition) is 0. The fraction of sp³-hybridized carbons (Fsp3) is 0.455. The van der Waals surface area contributed by atoms with Crippen LogP contribution >= 0.6 is 27.7 Å². The lowest BCUT2D eigenvalue weighted by molar-refractivity contribution is 0.661. The summed E-state index contributed by atoms with van der Waals surface area (Å²) in [6, 6.07) is 4.00. The van der Waals surface area contributed by atoms with E-state index in [0.717, 1.165) is 15.9 Å². The summed E-state index contributed by atoms with van der Waals surface area (Å²) in [5.41, 5.74) is 0.935. The van der Waals surface area contributed by atoms with Crippen LogP contribution < -0.4 is 0 Å². The van der Waals surface area contributed by atoms with Crippen LogP contribution in [0.2, 0.25) is 0 Å². The molecule has 1 fully saturated rings. The quantitative estimate of drug-likeness (QED) is 0.808. The zero-order chi connectivity index (χ0) is 11.0. The molecule has 0 aromatic carbocycles. The number of thioether (sulfide) groups is 1. The third-order valence-corrected chi connectivity index (χ3v) is 4.62. The van der Waals surface area contributed by atoms with E-state index in [-0.39, 0.29) is 0 Å². The Bertz CT molecular complexity index is 505. The Hall–Kier alpha value is -0.550. The number of halogens is 1. The van der Waals surface area contributed by atoms with Crippen molar-refractivity contribution in [2.24, 2.45) is 0 Å². The Labute approximate surface area is 107 Å². The summed E-state index contributed by atoms with van der Waals surface area (Å²) in [4.78, 5) is 4.59. The summed E-state index contributed by atoms with van der Waals surface area (Å²) in [6.45, 7) is 0. The van der Waals surface area contributed by atoms with Crippen molar-refractivity contribution in [2.75, 3.05) is 5.75 Å². The highest BCUT2D eigenvalue weighted by Gasteiger charge is 2.20. The van der Waals surface area contributed by atoms with E-state index in [9.17, 15) is 0 Å². The van der Waals surface area contributed by atoms with Gasteiger partial charge in [0.05, 0.1) is 5.25 Å². The number of rotatable bonds is 1.